The molecule has 1 rings (SSSR count). The first kappa shape index (κ1) is 18.5. The molecule has 2 amide bonds. The van der Waals surface area contributed by atoms with Gasteiger partial charge in [0.25, 0.3) is 0 Å². The number of aliphatic carboxylic acids is 1. The largest absolute Gasteiger partial charge is 0.480 e. The fourth-order valence-corrected chi connectivity index (χ4v) is 2.99. The highest BCUT2D eigenvalue weighted by atomic mass is 16.4. The van der Waals surface area contributed by atoms with E-state index in [0.717, 1.165) is 12.8 Å². The van der Waals surface area contributed by atoms with Gasteiger partial charge in [0.1, 0.15) is 5.54 Å². The minimum absolute atomic E-state index is 0.0201. The summed E-state index contributed by atoms with van der Waals surface area (Å²) in [6.45, 7) is 7.49. The summed E-state index contributed by atoms with van der Waals surface area (Å²) in [7, 11) is 0. The number of hydrogen-bond donors (Lipinski definition) is 1. The van der Waals surface area contributed by atoms with Gasteiger partial charge >= 0.3 is 5.97 Å². The fourth-order valence-electron chi connectivity index (χ4n) is 2.99. The molecule has 1 unspecified atom stereocenters. The van der Waals surface area contributed by atoms with Gasteiger partial charge in [-0.25, -0.2) is 4.79 Å². The molecule has 1 atom stereocenters. The van der Waals surface area contributed by atoms with Crippen LogP contribution in [0.1, 0.15) is 59.3 Å². The summed E-state index contributed by atoms with van der Waals surface area (Å²) in [6.07, 6.45) is 3.20. The standard InChI is InChI=1S/C16H28N2O4/c1-4-10-17(11-5-2)13(19)7-8-14(20)18-12-6-9-16(18,3)15(21)22/h4-12H2,1-3H3,(H,21,22). The Labute approximate surface area is 132 Å². The lowest BCUT2D eigenvalue weighted by Crippen LogP contribution is -2.51. The van der Waals surface area contributed by atoms with E-state index >= 15 is 0 Å². The summed E-state index contributed by atoms with van der Waals surface area (Å²) >= 11 is 0. The van der Waals surface area contributed by atoms with Gasteiger partial charge in [0.05, 0.1) is 0 Å². The highest BCUT2D eigenvalue weighted by Crippen LogP contribution is 2.30. The number of hydrogen-bond acceptors (Lipinski definition) is 3. The summed E-state index contributed by atoms with van der Waals surface area (Å²) in [5.41, 5.74) is -1.12. The molecule has 0 aromatic carbocycles. The van der Waals surface area contributed by atoms with Crippen LogP contribution >= 0.6 is 0 Å². The van der Waals surface area contributed by atoms with E-state index in [1.165, 1.54) is 4.90 Å². The average Bonchev–Trinajstić information content (AvgIpc) is 2.87. The lowest BCUT2D eigenvalue weighted by molar-refractivity contribution is -0.155. The molecule has 126 valence electrons. The molecule has 0 aliphatic carbocycles. The predicted molar refractivity (Wildman–Crippen MR) is 83.4 cm³/mol. The Bertz CT molecular complexity index is 418. The second-order valence-electron chi connectivity index (χ2n) is 6.11. The quantitative estimate of drug-likeness (QED) is 0.742. The minimum atomic E-state index is -1.12. The first-order chi connectivity index (χ1) is 10.4. The summed E-state index contributed by atoms with van der Waals surface area (Å²) < 4.78 is 0. The Balaban J connectivity index is 2.58. The zero-order valence-corrected chi connectivity index (χ0v) is 13.9. The van der Waals surface area contributed by atoms with Gasteiger partial charge in [0, 0.05) is 32.5 Å². The van der Waals surface area contributed by atoms with E-state index in [2.05, 4.69) is 0 Å². The fraction of sp³-hybridized carbons (Fsp3) is 0.812. The van der Waals surface area contributed by atoms with Crippen molar-refractivity contribution in [2.75, 3.05) is 19.6 Å². The van der Waals surface area contributed by atoms with Crippen molar-refractivity contribution >= 4 is 17.8 Å². The predicted octanol–water partition coefficient (Wildman–Crippen LogP) is 1.88. The van der Waals surface area contributed by atoms with Crippen LogP contribution in [0.15, 0.2) is 0 Å². The molecule has 1 aliphatic heterocycles. The van der Waals surface area contributed by atoms with Gasteiger partial charge in [-0.1, -0.05) is 13.8 Å². The van der Waals surface area contributed by atoms with E-state index in [0.29, 0.717) is 32.5 Å². The normalized spacial score (nSPS) is 21.0. The third-order valence-electron chi connectivity index (χ3n) is 4.30. The Morgan fingerprint density at radius 2 is 1.73 bits per heavy atom. The van der Waals surface area contributed by atoms with Crippen molar-refractivity contribution in [1.29, 1.82) is 0 Å². The van der Waals surface area contributed by atoms with Crippen LogP contribution in [0.5, 0.6) is 0 Å². The zero-order chi connectivity index (χ0) is 16.8. The molecule has 6 heteroatoms. The Morgan fingerprint density at radius 3 is 2.23 bits per heavy atom. The molecule has 0 spiro atoms. The summed E-state index contributed by atoms with van der Waals surface area (Å²) in [6, 6.07) is 0. The molecule has 0 aromatic rings. The van der Waals surface area contributed by atoms with Crippen molar-refractivity contribution in [3.63, 3.8) is 0 Å². The van der Waals surface area contributed by atoms with Crippen molar-refractivity contribution in [3.05, 3.63) is 0 Å². The zero-order valence-electron chi connectivity index (χ0n) is 13.9. The van der Waals surface area contributed by atoms with Gasteiger partial charge in [-0.3, -0.25) is 9.59 Å². The highest BCUT2D eigenvalue weighted by molar-refractivity contribution is 5.89. The van der Waals surface area contributed by atoms with Crippen molar-refractivity contribution in [3.8, 4) is 0 Å². The molecule has 6 nitrogen and oxygen atoms in total. The van der Waals surface area contributed by atoms with E-state index < -0.39 is 11.5 Å². The summed E-state index contributed by atoms with van der Waals surface area (Å²) in [5.74, 6) is -1.22. The van der Waals surface area contributed by atoms with E-state index in [9.17, 15) is 19.5 Å². The molecule has 1 saturated heterocycles. The third kappa shape index (κ3) is 4.21. The number of carboxylic acids is 1. The summed E-state index contributed by atoms with van der Waals surface area (Å²) in [4.78, 5) is 39.1. The van der Waals surface area contributed by atoms with Crippen molar-refractivity contribution in [1.82, 2.24) is 9.80 Å². The van der Waals surface area contributed by atoms with Crippen LogP contribution in [-0.4, -0.2) is 57.9 Å². The monoisotopic (exact) mass is 312 g/mol. The maximum Gasteiger partial charge on any atom is 0.329 e. The Hall–Kier alpha value is -1.59. The maximum atomic E-state index is 12.3. The van der Waals surface area contributed by atoms with Gasteiger partial charge < -0.3 is 14.9 Å². The van der Waals surface area contributed by atoms with Crippen molar-refractivity contribution < 1.29 is 19.5 Å². The number of carbonyl (C=O) groups is 3. The number of amides is 2. The van der Waals surface area contributed by atoms with E-state index in [4.69, 9.17) is 0 Å². The van der Waals surface area contributed by atoms with Crippen LogP contribution in [-0.2, 0) is 14.4 Å². The maximum absolute atomic E-state index is 12.3. The SMILES string of the molecule is CCCN(CCC)C(=O)CCC(=O)N1CCCC1(C)C(=O)O. The molecular weight excluding hydrogens is 284 g/mol. The molecule has 1 fully saturated rings. The van der Waals surface area contributed by atoms with Gasteiger partial charge in [-0.2, -0.15) is 0 Å². The van der Waals surface area contributed by atoms with Gasteiger partial charge in [-0.15, -0.1) is 0 Å². The van der Waals surface area contributed by atoms with E-state index in [-0.39, 0.29) is 24.7 Å². The van der Waals surface area contributed by atoms with E-state index in [1.807, 2.05) is 13.8 Å². The van der Waals surface area contributed by atoms with Gasteiger partial charge in [-0.05, 0) is 32.6 Å². The smallest absolute Gasteiger partial charge is 0.329 e. The summed E-state index contributed by atoms with van der Waals surface area (Å²) in [5, 5.41) is 9.33. The van der Waals surface area contributed by atoms with Crippen LogP contribution in [0, 0.1) is 0 Å². The third-order valence-corrected chi connectivity index (χ3v) is 4.30. The first-order valence-corrected chi connectivity index (χ1v) is 8.18. The number of carbonyl (C=O) groups excluding carboxylic acids is 2. The number of likely N-dealkylation sites (tertiary alicyclic amines) is 1. The first-order valence-electron chi connectivity index (χ1n) is 8.18. The number of carboxylic acid groups (broad SMARTS) is 1. The molecular formula is C16H28N2O4. The number of nitrogens with zero attached hydrogens (tertiary/aromatic N) is 2. The van der Waals surface area contributed by atoms with Crippen LogP contribution < -0.4 is 0 Å². The van der Waals surface area contributed by atoms with Crippen molar-refractivity contribution in [2.45, 2.75) is 64.8 Å². The lowest BCUT2D eigenvalue weighted by atomic mass is 9.99. The Morgan fingerprint density at radius 1 is 1.14 bits per heavy atom. The van der Waals surface area contributed by atoms with Crippen LogP contribution in [0.3, 0.4) is 0 Å². The Kier molecular flexibility index (Phi) is 6.84. The van der Waals surface area contributed by atoms with Gasteiger partial charge in [0.15, 0.2) is 0 Å². The van der Waals surface area contributed by atoms with Crippen LogP contribution in [0.2, 0.25) is 0 Å². The molecule has 0 radical (unpaired) electrons. The lowest BCUT2D eigenvalue weighted by Gasteiger charge is -2.31. The van der Waals surface area contributed by atoms with E-state index in [1.54, 1.807) is 11.8 Å². The molecule has 22 heavy (non-hydrogen) atoms. The molecule has 1 aliphatic rings. The van der Waals surface area contributed by atoms with Crippen LogP contribution in [0.25, 0.3) is 0 Å². The average molecular weight is 312 g/mol. The topological polar surface area (TPSA) is 77.9 Å². The second kappa shape index (κ2) is 8.15. The molecule has 0 bridgehead atoms. The highest BCUT2D eigenvalue weighted by Gasteiger charge is 2.45. The van der Waals surface area contributed by atoms with Crippen molar-refractivity contribution in [2.24, 2.45) is 0 Å². The molecule has 1 heterocycles. The van der Waals surface area contributed by atoms with Gasteiger partial charge in [0.2, 0.25) is 11.8 Å². The van der Waals surface area contributed by atoms with Crippen LogP contribution in [0.4, 0.5) is 0 Å². The molecule has 0 aromatic heterocycles. The second-order valence-corrected chi connectivity index (χ2v) is 6.11. The molecule has 0 saturated carbocycles. The minimum Gasteiger partial charge on any atom is -0.480 e. The molecule has 1 N–H and O–H groups in total. The number of rotatable bonds is 8.